The molecule has 19 heavy (non-hydrogen) atoms. The van der Waals surface area contributed by atoms with Gasteiger partial charge in [0.25, 0.3) is 0 Å². The molecule has 0 saturated carbocycles. The molecule has 0 aliphatic carbocycles. The summed E-state index contributed by atoms with van der Waals surface area (Å²) in [4.78, 5) is 25.4. The first-order valence-electron chi connectivity index (χ1n) is 6.68. The smallest absolute Gasteiger partial charge is 0.239 e. The summed E-state index contributed by atoms with van der Waals surface area (Å²) in [6, 6.07) is 0. The molecule has 3 N–H and O–H groups in total. The summed E-state index contributed by atoms with van der Waals surface area (Å²) < 4.78 is 4.84. The van der Waals surface area contributed by atoms with Crippen molar-refractivity contribution in [1.29, 1.82) is 0 Å². The van der Waals surface area contributed by atoms with Gasteiger partial charge in [0, 0.05) is 27.2 Å². The average molecular weight is 273 g/mol. The third kappa shape index (κ3) is 5.16. The lowest BCUT2D eigenvalue weighted by Gasteiger charge is -2.32. The zero-order valence-corrected chi connectivity index (χ0v) is 12.5. The van der Waals surface area contributed by atoms with E-state index < -0.39 is 5.41 Å². The van der Waals surface area contributed by atoms with Gasteiger partial charge in [-0.15, -0.1) is 0 Å². The first-order chi connectivity index (χ1) is 8.97. The quantitative estimate of drug-likeness (QED) is 0.578. The summed E-state index contributed by atoms with van der Waals surface area (Å²) >= 11 is 0. The second kappa shape index (κ2) is 8.87. The zero-order valence-electron chi connectivity index (χ0n) is 12.5. The Bertz CT molecular complexity index is 283. The van der Waals surface area contributed by atoms with E-state index in [9.17, 15) is 9.59 Å². The molecule has 0 fully saturated rings. The first-order valence-corrected chi connectivity index (χ1v) is 6.68. The second-order valence-electron chi connectivity index (χ2n) is 4.70. The predicted octanol–water partition coefficient (Wildman–Crippen LogP) is -0.0275. The molecular weight excluding hydrogens is 246 g/mol. The maximum atomic E-state index is 12.4. The highest BCUT2D eigenvalue weighted by Gasteiger charge is 2.35. The minimum absolute atomic E-state index is 0.0459. The zero-order chi connectivity index (χ0) is 14.9. The van der Waals surface area contributed by atoms with Gasteiger partial charge in [0.2, 0.25) is 11.8 Å². The minimum atomic E-state index is -0.554. The van der Waals surface area contributed by atoms with E-state index in [1.807, 2.05) is 13.8 Å². The van der Waals surface area contributed by atoms with Crippen molar-refractivity contribution in [2.24, 2.45) is 11.1 Å². The Morgan fingerprint density at radius 3 is 2.32 bits per heavy atom. The molecule has 0 heterocycles. The van der Waals surface area contributed by atoms with Crippen molar-refractivity contribution in [3.8, 4) is 0 Å². The van der Waals surface area contributed by atoms with Gasteiger partial charge < -0.3 is 20.7 Å². The van der Waals surface area contributed by atoms with Gasteiger partial charge in [0.05, 0.1) is 18.6 Å². The molecule has 0 aromatic carbocycles. The van der Waals surface area contributed by atoms with Gasteiger partial charge in [-0.3, -0.25) is 9.59 Å². The summed E-state index contributed by atoms with van der Waals surface area (Å²) in [5, 5.41) is 2.69. The van der Waals surface area contributed by atoms with E-state index in [0.29, 0.717) is 32.5 Å². The Kier molecular flexibility index (Phi) is 8.34. The number of hydrogen-bond acceptors (Lipinski definition) is 4. The fraction of sp³-hybridized carbons (Fsp3) is 0.846. The molecular formula is C13H27N3O3. The van der Waals surface area contributed by atoms with Gasteiger partial charge >= 0.3 is 0 Å². The molecule has 0 aromatic heterocycles. The van der Waals surface area contributed by atoms with Crippen LogP contribution in [0.5, 0.6) is 0 Å². The number of carbonyl (C=O) groups excluding carboxylic acids is 2. The molecule has 0 radical (unpaired) electrons. The van der Waals surface area contributed by atoms with Crippen LogP contribution in [-0.2, 0) is 14.3 Å². The van der Waals surface area contributed by atoms with Crippen molar-refractivity contribution in [3.05, 3.63) is 0 Å². The van der Waals surface area contributed by atoms with Crippen LogP contribution in [0.1, 0.15) is 26.7 Å². The third-order valence-corrected chi connectivity index (χ3v) is 3.55. The molecule has 112 valence electrons. The van der Waals surface area contributed by atoms with Crippen molar-refractivity contribution in [2.45, 2.75) is 26.7 Å². The van der Waals surface area contributed by atoms with Crippen molar-refractivity contribution in [1.82, 2.24) is 10.2 Å². The van der Waals surface area contributed by atoms with Gasteiger partial charge in [-0.25, -0.2) is 0 Å². The van der Waals surface area contributed by atoms with Crippen LogP contribution >= 0.6 is 0 Å². The average Bonchev–Trinajstić information content (AvgIpc) is 2.41. The van der Waals surface area contributed by atoms with Crippen LogP contribution in [-0.4, -0.2) is 57.1 Å². The highest BCUT2D eigenvalue weighted by molar-refractivity contribution is 5.87. The largest absolute Gasteiger partial charge is 0.383 e. The molecule has 6 heteroatoms. The molecule has 0 saturated heterocycles. The topological polar surface area (TPSA) is 84.7 Å². The van der Waals surface area contributed by atoms with E-state index in [1.54, 1.807) is 14.2 Å². The summed E-state index contributed by atoms with van der Waals surface area (Å²) in [5.41, 5.74) is 5.18. The maximum absolute atomic E-state index is 12.4. The van der Waals surface area contributed by atoms with Gasteiger partial charge in [0.1, 0.15) is 0 Å². The number of carbonyl (C=O) groups is 2. The Balaban J connectivity index is 4.44. The van der Waals surface area contributed by atoms with Crippen molar-refractivity contribution in [2.75, 3.05) is 40.4 Å². The lowest BCUT2D eigenvalue weighted by molar-refractivity contribution is -0.143. The number of hydrogen-bond donors (Lipinski definition) is 2. The van der Waals surface area contributed by atoms with Crippen molar-refractivity contribution in [3.63, 3.8) is 0 Å². The number of ether oxygens (including phenoxy) is 1. The number of amides is 2. The van der Waals surface area contributed by atoms with E-state index in [4.69, 9.17) is 10.5 Å². The van der Waals surface area contributed by atoms with Crippen LogP contribution in [0, 0.1) is 5.41 Å². The highest BCUT2D eigenvalue weighted by Crippen LogP contribution is 2.27. The van der Waals surface area contributed by atoms with Gasteiger partial charge in [-0.1, -0.05) is 13.8 Å². The predicted molar refractivity (Wildman–Crippen MR) is 74.6 cm³/mol. The Labute approximate surface area is 115 Å². The van der Waals surface area contributed by atoms with E-state index in [-0.39, 0.29) is 18.4 Å². The normalized spacial score (nSPS) is 11.2. The van der Waals surface area contributed by atoms with Crippen LogP contribution in [0.15, 0.2) is 0 Å². The Hall–Kier alpha value is -1.14. The van der Waals surface area contributed by atoms with Crippen molar-refractivity contribution < 1.29 is 14.3 Å². The van der Waals surface area contributed by atoms with Gasteiger partial charge in [0.15, 0.2) is 0 Å². The van der Waals surface area contributed by atoms with Crippen LogP contribution in [0.2, 0.25) is 0 Å². The van der Waals surface area contributed by atoms with Crippen molar-refractivity contribution >= 4 is 11.8 Å². The van der Waals surface area contributed by atoms with Crippen LogP contribution in [0.4, 0.5) is 0 Å². The number of methoxy groups -OCH3 is 1. The molecule has 0 bridgehead atoms. The van der Waals surface area contributed by atoms with E-state index in [2.05, 4.69) is 5.32 Å². The number of nitrogens with two attached hydrogens (primary N) is 1. The molecule has 0 spiro atoms. The minimum Gasteiger partial charge on any atom is -0.383 e. The third-order valence-electron chi connectivity index (χ3n) is 3.55. The molecule has 0 unspecified atom stereocenters. The summed E-state index contributed by atoms with van der Waals surface area (Å²) in [6.45, 7) is 5.14. The highest BCUT2D eigenvalue weighted by atomic mass is 16.5. The monoisotopic (exact) mass is 273 g/mol. The fourth-order valence-corrected chi connectivity index (χ4v) is 1.97. The van der Waals surface area contributed by atoms with Crippen LogP contribution in [0.25, 0.3) is 0 Å². The lowest BCUT2D eigenvalue weighted by Crippen LogP contribution is -2.49. The molecule has 0 aliphatic rings. The molecule has 2 amide bonds. The lowest BCUT2D eigenvalue weighted by atomic mass is 9.81. The van der Waals surface area contributed by atoms with Gasteiger partial charge in [-0.05, 0) is 12.8 Å². The molecule has 6 nitrogen and oxygen atoms in total. The SMILES string of the molecule is CCC(CC)(CN)C(=O)N(C)CC(=O)NCCOC. The Morgan fingerprint density at radius 2 is 1.89 bits per heavy atom. The standard InChI is InChI=1S/C13H27N3O3/c1-5-13(6-2,10-14)12(18)16(3)9-11(17)15-7-8-19-4/h5-10,14H2,1-4H3,(H,15,17). The molecule has 0 rings (SSSR count). The van der Waals surface area contributed by atoms with E-state index in [0.717, 1.165) is 0 Å². The fourth-order valence-electron chi connectivity index (χ4n) is 1.97. The maximum Gasteiger partial charge on any atom is 0.239 e. The van der Waals surface area contributed by atoms with Gasteiger partial charge in [-0.2, -0.15) is 0 Å². The number of likely N-dealkylation sites (N-methyl/N-ethyl adjacent to an activating group) is 1. The van der Waals surface area contributed by atoms with E-state index in [1.165, 1.54) is 4.90 Å². The van der Waals surface area contributed by atoms with E-state index >= 15 is 0 Å². The second-order valence-corrected chi connectivity index (χ2v) is 4.70. The van der Waals surface area contributed by atoms with Crippen LogP contribution in [0.3, 0.4) is 0 Å². The number of rotatable bonds is 9. The molecule has 0 aromatic rings. The first kappa shape index (κ1) is 17.9. The molecule has 0 aliphatic heterocycles. The summed E-state index contributed by atoms with van der Waals surface area (Å²) in [6.07, 6.45) is 1.35. The summed E-state index contributed by atoms with van der Waals surface area (Å²) in [7, 11) is 3.20. The Morgan fingerprint density at radius 1 is 1.32 bits per heavy atom. The number of nitrogens with zero attached hydrogens (tertiary/aromatic N) is 1. The van der Waals surface area contributed by atoms with Crippen LogP contribution < -0.4 is 11.1 Å². The number of nitrogens with one attached hydrogen (secondary N) is 1. The molecule has 0 atom stereocenters. The summed E-state index contributed by atoms with van der Waals surface area (Å²) in [5.74, 6) is -0.257.